The summed E-state index contributed by atoms with van der Waals surface area (Å²) in [4.78, 5) is 4.08. The normalized spacial score (nSPS) is 11.7. The zero-order valence-electron chi connectivity index (χ0n) is 15.8. The molecule has 0 atom stereocenters. The van der Waals surface area contributed by atoms with Gasteiger partial charge in [0.05, 0.1) is 5.52 Å². The quantitative estimate of drug-likeness (QED) is 0.481. The van der Waals surface area contributed by atoms with Crippen LogP contribution in [0.2, 0.25) is 0 Å². The van der Waals surface area contributed by atoms with Crippen LogP contribution in [0.15, 0.2) is 78.1 Å². The largest absolute Gasteiger partial charge is 0.355 e. The second-order valence-electron chi connectivity index (χ2n) is 6.76. The van der Waals surface area contributed by atoms with Gasteiger partial charge in [-0.15, -0.1) is 0 Å². The van der Waals surface area contributed by atoms with Crippen LogP contribution in [-0.4, -0.2) is 17.4 Å². The number of anilines is 2. The van der Waals surface area contributed by atoms with Crippen molar-refractivity contribution >= 4 is 32.3 Å². The molecular formula is C22H20FN3O2S. The van der Waals surface area contributed by atoms with Gasteiger partial charge in [-0.2, -0.15) is 0 Å². The molecule has 0 aliphatic heterocycles. The molecule has 0 saturated heterocycles. The molecule has 148 valence electrons. The molecule has 4 aromatic rings. The molecule has 0 spiro atoms. The molecule has 0 amide bonds. The van der Waals surface area contributed by atoms with Crippen molar-refractivity contribution in [1.82, 2.24) is 8.96 Å². The fourth-order valence-corrected chi connectivity index (χ4v) is 4.67. The maximum atomic E-state index is 13.2. The van der Waals surface area contributed by atoms with Crippen LogP contribution in [0, 0.1) is 5.82 Å². The second-order valence-corrected chi connectivity index (χ2v) is 8.57. The first-order chi connectivity index (χ1) is 14.0. The maximum Gasteiger partial charge on any atom is 0.269 e. The number of halogens is 1. The molecule has 5 nitrogen and oxygen atoms in total. The first-order valence-electron chi connectivity index (χ1n) is 9.31. The molecule has 2 heterocycles. The summed E-state index contributed by atoms with van der Waals surface area (Å²) >= 11 is 0. The topological polar surface area (TPSA) is 64.0 Å². The molecule has 0 bridgehead atoms. The minimum atomic E-state index is -3.78. The van der Waals surface area contributed by atoms with Gasteiger partial charge in [0.25, 0.3) is 10.0 Å². The lowest BCUT2D eigenvalue weighted by Crippen LogP contribution is -2.12. The predicted octanol–water partition coefficient (Wildman–Crippen LogP) is 5.11. The van der Waals surface area contributed by atoms with Gasteiger partial charge >= 0.3 is 0 Å². The van der Waals surface area contributed by atoms with Crippen LogP contribution in [-0.2, 0) is 16.4 Å². The van der Waals surface area contributed by atoms with Crippen LogP contribution in [0.3, 0.4) is 0 Å². The summed E-state index contributed by atoms with van der Waals surface area (Å²) in [7, 11) is -3.78. The van der Waals surface area contributed by atoms with E-state index in [0.29, 0.717) is 16.9 Å². The summed E-state index contributed by atoms with van der Waals surface area (Å²) in [5.41, 5.74) is 2.99. The lowest BCUT2D eigenvalue weighted by molar-refractivity contribution is 0.588. The number of hydrogen-bond donors (Lipinski definition) is 1. The van der Waals surface area contributed by atoms with E-state index in [9.17, 15) is 12.8 Å². The Kier molecular flexibility index (Phi) is 5.07. The molecule has 0 saturated carbocycles. The average molecular weight is 409 g/mol. The number of pyridine rings is 1. The van der Waals surface area contributed by atoms with E-state index >= 15 is 0 Å². The van der Waals surface area contributed by atoms with Gasteiger partial charge in [-0.3, -0.25) is 4.98 Å². The molecule has 2 aromatic heterocycles. The number of aromatic nitrogens is 2. The molecule has 0 aliphatic carbocycles. The van der Waals surface area contributed by atoms with Crippen LogP contribution in [0.1, 0.15) is 18.9 Å². The van der Waals surface area contributed by atoms with Crippen molar-refractivity contribution in [3.05, 3.63) is 84.6 Å². The number of benzene rings is 2. The molecule has 2 aromatic carbocycles. The van der Waals surface area contributed by atoms with Gasteiger partial charge in [-0.25, -0.2) is 16.8 Å². The Morgan fingerprint density at radius 1 is 1.07 bits per heavy atom. The highest BCUT2D eigenvalue weighted by atomic mass is 32.2. The summed E-state index contributed by atoms with van der Waals surface area (Å²) in [5.74, 6) is -0.313. The summed E-state index contributed by atoms with van der Waals surface area (Å²) in [5, 5.41) is 4.09. The van der Waals surface area contributed by atoms with Gasteiger partial charge in [0, 0.05) is 35.4 Å². The number of nitrogens with zero attached hydrogens (tertiary/aromatic N) is 2. The van der Waals surface area contributed by atoms with Crippen molar-refractivity contribution in [3.63, 3.8) is 0 Å². The Balaban J connectivity index is 1.84. The standard InChI is InChI=1S/C22H20FN3O2S/c1-2-4-16-15-26(29(27,28)20-5-3-12-24-14-20)22-13-19(10-11-21(16)22)25-18-8-6-17(23)7-9-18/h3,5-15,25H,2,4H2,1H3. The minimum Gasteiger partial charge on any atom is -0.355 e. The first kappa shape index (κ1) is 19.1. The van der Waals surface area contributed by atoms with E-state index < -0.39 is 10.0 Å². The van der Waals surface area contributed by atoms with E-state index in [1.54, 1.807) is 36.7 Å². The Morgan fingerprint density at radius 2 is 1.83 bits per heavy atom. The van der Waals surface area contributed by atoms with Gasteiger partial charge in [-0.05, 0) is 60.5 Å². The van der Waals surface area contributed by atoms with E-state index in [1.807, 2.05) is 12.1 Å². The van der Waals surface area contributed by atoms with Gasteiger partial charge in [0.2, 0.25) is 0 Å². The summed E-state index contributed by atoms with van der Waals surface area (Å²) in [6, 6.07) is 14.8. The van der Waals surface area contributed by atoms with Crippen molar-refractivity contribution in [2.45, 2.75) is 24.7 Å². The van der Waals surface area contributed by atoms with Crippen molar-refractivity contribution in [3.8, 4) is 0 Å². The van der Waals surface area contributed by atoms with E-state index in [0.717, 1.165) is 23.8 Å². The lowest BCUT2D eigenvalue weighted by Gasteiger charge is -2.10. The monoisotopic (exact) mass is 409 g/mol. The highest BCUT2D eigenvalue weighted by Gasteiger charge is 2.21. The zero-order valence-corrected chi connectivity index (χ0v) is 16.7. The summed E-state index contributed by atoms with van der Waals surface area (Å²) in [6.45, 7) is 2.06. The van der Waals surface area contributed by atoms with E-state index in [-0.39, 0.29) is 10.7 Å². The maximum absolute atomic E-state index is 13.2. The van der Waals surface area contributed by atoms with Crippen LogP contribution in [0.25, 0.3) is 10.9 Å². The molecule has 4 rings (SSSR count). The van der Waals surface area contributed by atoms with Crippen molar-refractivity contribution < 1.29 is 12.8 Å². The third kappa shape index (κ3) is 3.73. The molecular weight excluding hydrogens is 389 g/mol. The van der Waals surface area contributed by atoms with Crippen molar-refractivity contribution in [2.75, 3.05) is 5.32 Å². The molecule has 29 heavy (non-hydrogen) atoms. The van der Waals surface area contributed by atoms with Crippen LogP contribution < -0.4 is 5.32 Å². The van der Waals surface area contributed by atoms with Crippen molar-refractivity contribution in [1.29, 1.82) is 0 Å². The summed E-state index contributed by atoms with van der Waals surface area (Å²) < 4.78 is 40.9. The number of aryl methyl sites for hydroxylation is 1. The molecule has 0 fully saturated rings. The Morgan fingerprint density at radius 3 is 2.52 bits per heavy atom. The zero-order chi connectivity index (χ0) is 20.4. The first-order valence-corrected chi connectivity index (χ1v) is 10.8. The van der Waals surface area contributed by atoms with Crippen LogP contribution >= 0.6 is 0 Å². The fourth-order valence-electron chi connectivity index (χ4n) is 3.32. The van der Waals surface area contributed by atoms with Crippen LogP contribution in [0.5, 0.6) is 0 Å². The van der Waals surface area contributed by atoms with Gasteiger partial charge in [0.15, 0.2) is 0 Å². The molecule has 0 aliphatic rings. The average Bonchev–Trinajstić information content (AvgIpc) is 3.09. The fraction of sp³-hybridized carbons (Fsp3) is 0.136. The van der Waals surface area contributed by atoms with E-state index in [2.05, 4.69) is 17.2 Å². The number of fused-ring (bicyclic) bond motifs is 1. The van der Waals surface area contributed by atoms with E-state index in [4.69, 9.17) is 0 Å². The van der Waals surface area contributed by atoms with Gasteiger partial charge < -0.3 is 5.32 Å². The van der Waals surface area contributed by atoms with Crippen LogP contribution in [0.4, 0.5) is 15.8 Å². The number of rotatable bonds is 6. The number of hydrogen-bond acceptors (Lipinski definition) is 4. The highest BCUT2D eigenvalue weighted by molar-refractivity contribution is 7.90. The Hall–Kier alpha value is -3.19. The van der Waals surface area contributed by atoms with E-state index in [1.165, 1.54) is 28.4 Å². The molecule has 0 radical (unpaired) electrons. The van der Waals surface area contributed by atoms with Crippen molar-refractivity contribution in [2.24, 2.45) is 0 Å². The summed E-state index contributed by atoms with van der Waals surface area (Å²) in [6.07, 6.45) is 6.26. The SMILES string of the molecule is CCCc1cn(S(=O)(=O)c2cccnc2)c2cc(Nc3ccc(F)cc3)ccc12. The second kappa shape index (κ2) is 7.67. The minimum absolute atomic E-state index is 0.136. The molecule has 1 N–H and O–H groups in total. The molecule has 7 heteroatoms. The smallest absolute Gasteiger partial charge is 0.269 e. The lowest BCUT2D eigenvalue weighted by atomic mass is 10.1. The molecule has 0 unspecified atom stereocenters. The highest BCUT2D eigenvalue weighted by Crippen LogP contribution is 2.30. The Labute approximate surface area is 168 Å². The third-order valence-electron chi connectivity index (χ3n) is 4.70. The third-order valence-corrected chi connectivity index (χ3v) is 6.35. The number of nitrogens with one attached hydrogen (secondary N) is 1. The van der Waals surface area contributed by atoms with Gasteiger partial charge in [0.1, 0.15) is 10.7 Å². The van der Waals surface area contributed by atoms with Gasteiger partial charge in [-0.1, -0.05) is 19.4 Å². The predicted molar refractivity (Wildman–Crippen MR) is 112 cm³/mol. The Bertz CT molecular complexity index is 1250.